The van der Waals surface area contributed by atoms with Crippen LogP contribution in [0.2, 0.25) is 5.02 Å². The van der Waals surface area contributed by atoms with E-state index in [0.717, 1.165) is 56.5 Å². The first kappa shape index (κ1) is 20.5. The third-order valence-electron chi connectivity index (χ3n) is 6.95. The van der Waals surface area contributed by atoms with Crippen molar-refractivity contribution in [2.45, 2.75) is 56.5 Å². The smallest absolute Gasteiger partial charge is 0.236 e. The predicted octanol–water partition coefficient (Wildman–Crippen LogP) is 2.86. The Morgan fingerprint density at radius 1 is 1.26 bits per heavy atom. The third kappa shape index (κ3) is 3.24. The highest BCUT2D eigenvalue weighted by Gasteiger charge is 2.57. The number of likely N-dealkylation sites (tertiary alicyclic amines) is 1. The molecule has 2 aliphatic heterocycles. The van der Waals surface area contributed by atoms with E-state index < -0.39 is 11.0 Å². The molecule has 1 amide bonds. The van der Waals surface area contributed by atoms with E-state index in [9.17, 15) is 4.79 Å². The number of nitrogens with zero attached hydrogens (tertiary/aromatic N) is 5. The molecule has 5 heterocycles. The zero-order valence-corrected chi connectivity index (χ0v) is 18.7. The Morgan fingerprint density at radius 2 is 2.06 bits per heavy atom. The molecule has 31 heavy (non-hydrogen) atoms. The first-order valence-electron chi connectivity index (χ1n) is 11.0. The van der Waals surface area contributed by atoms with Crippen molar-refractivity contribution in [1.29, 1.82) is 0 Å². The number of rotatable bonds is 4. The first-order valence-corrected chi connectivity index (χ1v) is 11.3. The molecule has 3 aromatic heterocycles. The number of H-pyrrole nitrogens is 1. The Balaban J connectivity index is 1.69. The summed E-state index contributed by atoms with van der Waals surface area (Å²) in [4.78, 5) is 28.6. The van der Waals surface area contributed by atoms with E-state index in [1.807, 2.05) is 27.9 Å². The number of carbonyl (C=O) groups is 1. The van der Waals surface area contributed by atoms with Gasteiger partial charge in [0, 0.05) is 19.3 Å². The van der Waals surface area contributed by atoms with Gasteiger partial charge < -0.3 is 15.2 Å². The maximum Gasteiger partial charge on any atom is 0.236 e. The fraction of sp³-hybridized carbons (Fsp3) is 0.545. The number of pyridine rings is 1. The van der Waals surface area contributed by atoms with Crippen LogP contribution in [0, 0.1) is 0 Å². The largest absolute Gasteiger partial charge is 0.343 e. The van der Waals surface area contributed by atoms with Gasteiger partial charge in [-0.1, -0.05) is 11.6 Å². The van der Waals surface area contributed by atoms with Gasteiger partial charge >= 0.3 is 0 Å². The monoisotopic (exact) mass is 441 g/mol. The van der Waals surface area contributed by atoms with Gasteiger partial charge in [0.05, 0.1) is 40.3 Å². The molecular weight excluding hydrogens is 414 g/mol. The van der Waals surface area contributed by atoms with Crippen LogP contribution < -0.4 is 5.32 Å². The highest BCUT2D eigenvalue weighted by atomic mass is 35.5. The van der Waals surface area contributed by atoms with E-state index in [0.29, 0.717) is 10.7 Å². The molecule has 8 nitrogen and oxygen atoms in total. The Hall–Kier alpha value is -2.45. The fourth-order valence-corrected chi connectivity index (χ4v) is 5.56. The van der Waals surface area contributed by atoms with Crippen molar-refractivity contribution in [3.05, 3.63) is 41.6 Å². The normalized spacial score (nSPS) is 24.7. The SMILES string of the molecule is CC(C)(C1NCCCC1(C(=O)N1CCCC1)c1ccc2[nH]cnc2n1)n1cc(Cl)cn1. The number of fused-ring (bicyclic) bond motifs is 1. The molecule has 2 saturated heterocycles. The number of hydrogen-bond donors (Lipinski definition) is 2. The lowest BCUT2D eigenvalue weighted by atomic mass is 9.64. The Labute approximate surface area is 186 Å². The summed E-state index contributed by atoms with van der Waals surface area (Å²) in [5.41, 5.74) is 0.928. The van der Waals surface area contributed by atoms with Crippen molar-refractivity contribution >= 4 is 28.7 Å². The van der Waals surface area contributed by atoms with E-state index in [2.05, 4.69) is 34.2 Å². The fourth-order valence-electron chi connectivity index (χ4n) is 5.42. The van der Waals surface area contributed by atoms with Crippen LogP contribution >= 0.6 is 11.6 Å². The van der Waals surface area contributed by atoms with Gasteiger partial charge in [-0.15, -0.1) is 0 Å². The van der Waals surface area contributed by atoms with Gasteiger partial charge in [-0.3, -0.25) is 9.48 Å². The van der Waals surface area contributed by atoms with Crippen molar-refractivity contribution < 1.29 is 4.79 Å². The summed E-state index contributed by atoms with van der Waals surface area (Å²) in [5.74, 6) is 0.149. The summed E-state index contributed by atoms with van der Waals surface area (Å²) >= 11 is 6.21. The minimum Gasteiger partial charge on any atom is -0.343 e. The average molecular weight is 442 g/mol. The lowest BCUT2D eigenvalue weighted by molar-refractivity contribution is -0.141. The highest BCUT2D eigenvalue weighted by Crippen LogP contribution is 2.44. The molecule has 2 unspecified atom stereocenters. The predicted molar refractivity (Wildman–Crippen MR) is 119 cm³/mol. The summed E-state index contributed by atoms with van der Waals surface area (Å²) in [5, 5.41) is 8.77. The number of aromatic nitrogens is 5. The van der Waals surface area contributed by atoms with Gasteiger partial charge in [0.1, 0.15) is 5.41 Å². The molecular formula is C22H28ClN7O. The zero-order chi connectivity index (χ0) is 21.6. The lowest BCUT2D eigenvalue weighted by Crippen LogP contribution is -2.68. The molecule has 0 saturated carbocycles. The van der Waals surface area contributed by atoms with Gasteiger partial charge in [-0.05, 0) is 58.2 Å². The van der Waals surface area contributed by atoms with Crippen molar-refractivity contribution in [3.8, 4) is 0 Å². The van der Waals surface area contributed by atoms with Crippen LogP contribution in [0.1, 0.15) is 45.2 Å². The summed E-state index contributed by atoms with van der Waals surface area (Å²) in [6.07, 6.45) is 8.82. The Morgan fingerprint density at radius 3 is 2.81 bits per heavy atom. The molecule has 0 aliphatic carbocycles. The van der Waals surface area contributed by atoms with Crippen LogP contribution in [0.15, 0.2) is 30.9 Å². The Kier molecular flexibility index (Phi) is 5.01. The van der Waals surface area contributed by atoms with Crippen LogP contribution in [0.5, 0.6) is 0 Å². The second-order valence-electron chi connectivity index (χ2n) is 9.19. The van der Waals surface area contributed by atoms with E-state index in [1.54, 1.807) is 12.5 Å². The van der Waals surface area contributed by atoms with Crippen LogP contribution in [0.25, 0.3) is 11.2 Å². The molecule has 9 heteroatoms. The van der Waals surface area contributed by atoms with Gasteiger partial charge in [-0.2, -0.15) is 5.10 Å². The molecule has 0 bridgehead atoms. The average Bonchev–Trinajstić information content (AvgIpc) is 3.54. The Bertz CT molecular complexity index is 1100. The van der Waals surface area contributed by atoms with Crippen LogP contribution in [0.3, 0.4) is 0 Å². The molecule has 164 valence electrons. The van der Waals surface area contributed by atoms with Crippen molar-refractivity contribution in [2.75, 3.05) is 19.6 Å². The van der Waals surface area contributed by atoms with E-state index in [4.69, 9.17) is 16.6 Å². The molecule has 0 spiro atoms. The maximum absolute atomic E-state index is 14.3. The summed E-state index contributed by atoms with van der Waals surface area (Å²) in [6, 6.07) is 3.75. The van der Waals surface area contributed by atoms with Crippen molar-refractivity contribution in [2.24, 2.45) is 0 Å². The summed E-state index contributed by atoms with van der Waals surface area (Å²) in [7, 11) is 0. The number of nitrogens with one attached hydrogen (secondary N) is 2. The molecule has 2 aliphatic rings. The van der Waals surface area contributed by atoms with Crippen LogP contribution in [0.4, 0.5) is 0 Å². The van der Waals surface area contributed by atoms with Crippen LogP contribution in [-0.2, 0) is 15.7 Å². The number of amides is 1. The van der Waals surface area contributed by atoms with Gasteiger partial charge in [0.15, 0.2) is 5.65 Å². The molecule has 2 atom stereocenters. The number of aromatic amines is 1. The molecule has 2 fully saturated rings. The first-order chi connectivity index (χ1) is 14.9. The lowest BCUT2D eigenvalue weighted by Gasteiger charge is -2.51. The number of halogens is 1. The minimum atomic E-state index is -0.822. The van der Waals surface area contributed by atoms with Gasteiger partial charge in [0.25, 0.3) is 0 Å². The number of piperidine rings is 1. The van der Waals surface area contributed by atoms with E-state index in [1.165, 1.54) is 0 Å². The summed E-state index contributed by atoms with van der Waals surface area (Å²) < 4.78 is 1.87. The summed E-state index contributed by atoms with van der Waals surface area (Å²) in [6.45, 7) is 6.65. The van der Waals surface area contributed by atoms with Gasteiger partial charge in [0.2, 0.25) is 5.91 Å². The minimum absolute atomic E-state index is 0.149. The topological polar surface area (TPSA) is 91.7 Å². The number of imidazole rings is 1. The second-order valence-corrected chi connectivity index (χ2v) is 9.62. The third-order valence-corrected chi connectivity index (χ3v) is 7.15. The second kappa shape index (κ2) is 7.60. The maximum atomic E-state index is 14.3. The molecule has 2 N–H and O–H groups in total. The quantitative estimate of drug-likeness (QED) is 0.649. The van der Waals surface area contributed by atoms with Crippen LogP contribution in [-0.4, -0.2) is 61.2 Å². The molecule has 0 radical (unpaired) electrons. The standard InChI is InChI=1S/C22H28ClN7O/c1-21(2,30-13-15(23)12-27-30)19-22(8-5-9-24-19,20(31)29-10-3-4-11-29)17-7-6-16-18(28-17)26-14-25-16/h6-7,12-14,19,24H,3-5,8-11H2,1-2H3,(H,25,26,28). The van der Waals surface area contributed by atoms with E-state index >= 15 is 0 Å². The van der Waals surface area contributed by atoms with Gasteiger partial charge in [-0.25, -0.2) is 9.97 Å². The molecule has 3 aromatic rings. The number of carbonyl (C=O) groups excluding carboxylic acids is 1. The molecule has 5 rings (SSSR count). The van der Waals surface area contributed by atoms with Crippen molar-refractivity contribution in [3.63, 3.8) is 0 Å². The molecule has 0 aromatic carbocycles. The zero-order valence-electron chi connectivity index (χ0n) is 17.9. The van der Waals surface area contributed by atoms with E-state index in [-0.39, 0.29) is 11.9 Å². The highest BCUT2D eigenvalue weighted by molar-refractivity contribution is 6.30. The van der Waals surface area contributed by atoms with Crippen molar-refractivity contribution in [1.82, 2.24) is 34.9 Å². The number of hydrogen-bond acceptors (Lipinski definition) is 5.